The van der Waals surface area contributed by atoms with Crippen LogP contribution in [0.4, 0.5) is 0 Å². The number of ether oxygens (including phenoxy) is 2. The number of fused-ring (bicyclic) bond motifs is 1. The van der Waals surface area contributed by atoms with Crippen LogP contribution in [-0.2, 0) is 19.1 Å². The molecule has 2 N–H and O–H groups in total. The molecule has 1 aliphatic heterocycles. The van der Waals surface area contributed by atoms with Gasteiger partial charge in [0.1, 0.15) is 5.60 Å². The fourth-order valence-corrected chi connectivity index (χ4v) is 9.03. The van der Waals surface area contributed by atoms with Crippen molar-refractivity contribution in [3.8, 4) is 0 Å². The lowest BCUT2D eigenvalue weighted by Gasteiger charge is -2.50. The minimum absolute atomic E-state index is 0.00879. The number of rotatable bonds is 1. The van der Waals surface area contributed by atoms with Gasteiger partial charge in [-0.25, -0.2) is 0 Å². The van der Waals surface area contributed by atoms with Crippen molar-refractivity contribution < 1.29 is 29.3 Å². The number of aliphatic hydroxyl groups excluding tert-OH is 2. The number of allylic oxidation sites excluding steroid dienone is 1. The first kappa shape index (κ1) is 15.6. The third-order valence-electron chi connectivity index (χ3n) is 9.56. The Morgan fingerprint density at radius 3 is 2.77 bits per heavy atom. The molecule has 6 heteroatoms. The van der Waals surface area contributed by atoms with Gasteiger partial charge in [-0.05, 0) is 44.4 Å². The Hall–Kier alpha value is -1.40. The second-order valence-corrected chi connectivity index (χ2v) is 9.66. The third-order valence-corrected chi connectivity index (χ3v) is 9.56. The Bertz CT molecular complexity index is 806. The van der Waals surface area contributed by atoms with Crippen molar-refractivity contribution in [2.24, 2.45) is 39.9 Å². The summed E-state index contributed by atoms with van der Waals surface area (Å²) >= 11 is 0. The van der Waals surface area contributed by atoms with Gasteiger partial charge in [-0.3, -0.25) is 9.59 Å². The zero-order valence-electron chi connectivity index (χ0n) is 15.0. The highest BCUT2D eigenvalue weighted by Gasteiger charge is 3.03. The lowest BCUT2D eigenvalue weighted by atomic mass is 9.54. The van der Waals surface area contributed by atoms with Crippen molar-refractivity contribution >= 4 is 11.9 Å². The summed E-state index contributed by atoms with van der Waals surface area (Å²) in [5, 5.41) is 21.9. The van der Waals surface area contributed by atoms with E-state index in [1.54, 1.807) is 6.92 Å². The van der Waals surface area contributed by atoms with Gasteiger partial charge in [0, 0.05) is 11.3 Å². The molecule has 2 spiro atoms. The van der Waals surface area contributed by atoms with Crippen molar-refractivity contribution in [3.05, 3.63) is 12.2 Å². The molecule has 6 bridgehead atoms. The molecule has 0 aromatic rings. The van der Waals surface area contributed by atoms with Gasteiger partial charge in [-0.2, -0.15) is 0 Å². The summed E-state index contributed by atoms with van der Waals surface area (Å²) in [7, 11) is 1.37. The summed E-state index contributed by atoms with van der Waals surface area (Å²) in [5.41, 5.74) is -1.98. The number of hydrogen-bond donors (Lipinski definition) is 2. The van der Waals surface area contributed by atoms with Gasteiger partial charge in [-0.1, -0.05) is 12.2 Å². The number of carbonyl (C=O) groups excluding carboxylic acids is 2. The molecular formula is C20H24O6. The lowest BCUT2D eigenvalue weighted by Crippen LogP contribution is -2.59. The predicted molar refractivity (Wildman–Crippen MR) is 87.4 cm³/mol. The Balaban J connectivity index is 1.66. The van der Waals surface area contributed by atoms with Gasteiger partial charge < -0.3 is 19.7 Å². The molecule has 10 atom stereocenters. The minimum atomic E-state index is -1.12. The summed E-state index contributed by atoms with van der Waals surface area (Å²) in [6.07, 6.45) is 0.900. The lowest BCUT2D eigenvalue weighted by molar-refractivity contribution is -0.171. The van der Waals surface area contributed by atoms with Crippen LogP contribution in [0.15, 0.2) is 12.2 Å². The molecule has 0 aromatic heterocycles. The normalized spacial score (nSPS) is 63.2. The molecule has 6 saturated carbocycles. The first-order valence-corrected chi connectivity index (χ1v) is 9.61. The largest absolute Gasteiger partial charge is 0.469 e. The van der Waals surface area contributed by atoms with Crippen LogP contribution in [0.3, 0.4) is 0 Å². The summed E-state index contributed by atoms with van der Waals surface area (Å²) in [4.78, 5) is 26.0. The zero-order valence-corrected chi connectivity index (χ0v) is 15.0. The molecule has 0 radical (unpaired) electrons. The molecule has 0 aromatic carbocycles. The van der Waals surface area contributed by atoms with E-state index in [9.17, 15) is 19.8 Å². The van der Waals surface area contributed by atoms with Crippen LogP contribution < -0.4 is 0 Å². The number of hydrogen-bond acceptors (Lipinski definition) is 6. The highest BCUT2D eigenvalue weighted by molar-refractivity contribution is 5.88. The maximum Gasteiger partial charge on any atom is 0.315 e. The van der Waals surface area contributed by atoms with E-state index in [2.05, 4.69) is 6.58 Å². The van der Waals surface area contributed by atoms with E-state index >= 15 is 0 Å². The molecule has 6 aliphatic carbocycles. The molecular weight excluding hydrogens is 336 g/mol. The monoisotopic (exact) mass is 360 g/mol. The second kappa shape index (κ2) is 3.90. The van der Waals surface area contributed by atoms with Gasteiger partial charge in [0.15, 0.2) is 0 Å². The van der Waals surface area contributed by atoms with Gasteiger partial charge >= 0.3 is 11.9 Å². The first-order chi connectivity index (χ1) is 12.2. The van der Waals surface area contributed by atoms with E-state index < -0.39 is 51.9 Å². The summed E-state index contributed by atoms with van der Waals surface area (Å²) in [6, 6.07) is 0. The maximum absolute atomic E-state index is 13.0. The molecule has 7 rings (SSSR count). The standard InChI is InChI=1S/C20H24O6/c1-8-9-6-11(22)20-13(8)18(20,7-9)12(15(23)25-3)14-17(2)10(21)4-5-19(14,20)26-16(17)24/h9-14,21-22H,1,4-7H2,2-3H3/t9-,10+,11-,12-,13+,14-,17-,18-,19+,20+/m1/s1. The van der Waals surface area contributed by atoms with E-state index in [0.717, 1.165) is 12.0 Å². The fourth-order valence-electron chi connectivity index (χ4n) is 9.03. The van der Waals surface area contributed by atoms with Crippen LogP contribution in [0.2, 0.25) is 0 Å². The van der Waals surface area contributed by atoms with Crippen molar-refractivity contribution in [1.82, 2.24) is 0 Å². The molecule has 26 heavy (non-hydrogen) atoms. The van der Waals surface area contributed by atoms with Crippen LogP contribution >= 0.6 is 0 Å². The van der Waals surface area contributed by atoms with E-state index in [0.29, 0.717) is 19.3 Å². The minimum Gasteiger partial charge on any atom is -0.469 e. The molecule has 1 saturated heterocycles. The van der Waals surface area contributed by atoms with E-state index in [1.807, 2.05) is 0 Å². The van der Waals surface area contributed by atoms with Gasteiger partial charge in [0.2, 0.25) is 0 Å². The van der Waals surface area contributed by atoms with Crippen LogP contribution in [0.5, 0.6) is 0 Å². The average Bonchev–Trinajstić information content (AvgIpc) is 2.99. The van der Waals surface area contributed by atoms with Gasteiger partial charge in [-0.15, -0.1) is 0 Å². The fraction of sp³-hybridized carbons (Fsp3) is 0.800. The van der Waals surface area contributed by atoms with Crippen molar-refractivity contribution in [2.45, 2.75) is 50.4 Å². The summed E-state index contributed by atoms with van der Waals surface area (Å²) in [5.74, 6) is -1.54. The number of methoxy groups -OCH3 is 1. The van der Waals surface area contributed by atoms with Crippen LogP contribution in [0, 0.1) is 39.9 Å². The van der Waals surface area contributed by atoms with E-state index in [1.165, 1.54) is 7.11 Å². The van der Waals surface area contributed by atoms with Crippen molar-refractivity contribution in [3.63, 3.8) is 0 Å². The number of carbonyl (C=O) groups is 2. The Labute approximate surface area is 151 Å². The Morgan fingerprint density at radius 1 is 1.35 bits per heavy atom. The predicted octanol–water partition coefficient (Wildman–Crippen LogP) is 0.805. The smallest absolute Gasteiger partial charge is 0.315 e. The van der Waals surface area contributed by atoms with Crippen LogP contribution in [0.1, 0.15) is 32.6 Å². The van der Waals surface area contributed by atoms with E-state index in [4.69, 9.17) is 9.47 Å². The maximum atomic E-state index is 13.0. The van der Waals surface area contributed by atoms with Crippen LogP contribution in [0.25, 0.3) is 0 Å². The molecule has 7 aliphatic rings. The zero-order chi connectivity index (χ0) is 18.4. The first-order valence-electron chi connectivity index (χ1n) is 9.61. The quantitative estimate of drug-likeness (QED) is 0.531. The molecule has 140 valence electrons. The number of esters is 2. The molecule has 0 amide bonds. The topological polar surface area (TPSA) is 93.1 Å². The average molecular weight is 360 g/mol. The number of aliphatic hydroxyl groups is 2. The van der Waals surface area contributed by atoms with Gasteiger partial charge in [0.05, 0.1) is 36.1 Å². The van der Waals surface area contributed by atoms with Crippen molar-refractivity contribution in [2.75, 3.05) is 7.11 Å². The van der Waals surface area contributed by atoms with Crippen molar-refractivity contribution in [1.29, 1.82) is 0 Å². The molecule has 1 heterocycles. The van der Waals surface area contributed by atoms with Gasteiger partial charge in [0.25, 0.3) is 0 Å². The summed E-state index contributed by atoms with van der Waals surface area (Å²) < 4.78 is 11.3. The molecule has 6 nitrogen and oxygen atoms in total. The SMILES string of the molecule is C=C1[C@@H]2C[C@@H](O)[C@]34[C@@H]1[C@@]3(C2)[C@@H](C(=O)OC)[C@@H]1[C@]2(C)C(=O)O[C@@]14CC[C@@H]2O. The van der Waals surface area contributed by atoms with Crippen LogP contribution in [-0.4, -0.2) is 47.1 Å². The third kappa shape index (κ3) is 1.04. The molecule has 0 unspecified atom stereocenters. The molecule has 7 fully saturated rings. The van der Waals surface area contributed by atoms with E-state index in [-0.39, 0.29) is 17.8 Å². The Kier molecular flexibility index (Phi) is 2.35. The Morgan fingerprint density at radius 2 is 2.08 bits per heavy atom. The second-order valence-electron chi connectivity index (χ2n) is 9.66. The highest BCUT2D eigenvalue weighted by Crippen LogP contribution is 2.98. The summed E-state index contributed by atoms with van der Waals surface area (Å²) in [6.45, 7) is 6.03. The highest BCUT2D eigenvalue weighted by atomic mass is 16.6.